The third-order valence-corrected chi connectivity index (χ3v) is 1.59. The molecule has 2 nitrogen and oxygen atoms in total. The lowest BCUT2D eigenvalue weighted by atomic mass is 10.1. The average Bonchev–Trinajstić information content (AvgIpc) is 2.06. The highest BCUT2D eigenvalue weighted by Crippen LogP contribution is 2.22. The van der Waals surface area contributed by atoms with Gasteiger partial charge in [0, 0.05) is 0 Å². The van der Waals surface area contributed by atoms with E-state index in [1.165, 1.54) is 12.1 Å². The maximum absolute atomic E-state index is 11.7. The first-order chi connectivity index (χ1) is 6.51. The van der Waals surface area contributed by atoms with Crippen LogP contribution in [-0.4, -0.2) is 12.9 Å². The van der Waals surface area contributed by atoms with Crippen molar-refractivity contribution in [3.05, 3.63) is 29.8 Å². The molecule has 0 unspecified atom stereocenters. The molecule has 0 atom stereocenters. The van der Waals surface area contributed by atoms with E-state index in [9.17, 15) is 13.2 Å². The van der Waals surface area contributed by atoms with Gasteiger partial charge >= 0.3 is 6.36 Å². The standard InChI is InChI=1S/C9H10F3NO.ClH/c10-9(11,12)14-8-3-1-7(2-4-8)5-6-13;/h1-4H,5-6,13H2;1H. The molecule has 1 rings (SSSR count). The van der Waals surface area contributed by atoms with Gasteiger partial charge in [0.2, 0.25) is 0 Å². The van der Waals surface area contributed by atoms with Gasteiger partial charge in [-0.1, -0.05) is 12.1 Å². The third kappa shape index (κ3) is 5.49. The Kier molecular flexibility index (Phi) is 5.46. The molecule has 0 saturated carbocycles. The molecule has 0 aliphatic heterocycles. The highest BCUT2D eigenvalue weighted by Gasteiger charge is 2.30. The first kappa shape index (κ1) is 14.1. The molecule has 0 fully saturated rings. The fraction of sp³-hybridized carbons (Fsp3) is 0.333. The van der Waals surface area contributed by atoms with Gasteiger partial charge in [-0.2, -0.15) is 0 Å². The summed E-state index contributed by atoms with van der Waals surface area (Å²) in [5.74, 6) is -0.210. The van der Waals surface area contributed by atoms with Gasteiger partial charge < -0.3 is 10.5 Å². The van der Waals surface area contributed by atoms with Crippen molar-refractivity contribution in [3.8, 4) is 5.75 Å². The minimum absolute atomic E-state index is 0. The van der Waals surface area contributed by atoms with Gasteiger partial charge in [-0.15, -0.1) is 25.6 Å². The van der Waals surface area contributed by atoms with Gasteiger partial charge in [-0.25, -0.2) is 0 Å². The number of rotatable bonds is 3. The molecule has 0 aliphatic carbocycles. The Balaban J connectivity index is 0.00000196. The number of hydrogen-bond donors (Lipinski definition) is 1. The van der Waals surface area contributed by atoms with E-state index in [2.05, 4.69) is 4.74 Å². The lowest BCUT2D eigenvalue weighted by Crippen LogP contribution is -2.17. The van der Waals surface area contributed by atoms with Crippen LogP contribution < -0.4 is 10.5 Å². The van der Waals surface area contributed by atoms with Crippen molar-refractivity contribution in [2.75, 3.05) is 6.54 Å². The van der Waals surface area contributed by atoms with Gasteiger partial charge in [-0.05, 0) is 30.7 Å². The second-order valence-electron chi connectivity index (χ2n) is 2.73. The SMILES string of the molecule is Cl.NCCc1ccc(OC(F)(F)F)cc1. The molecule has 1 aromatic rings. The summed E-state index contributed by atoms with van der Waals surface area (Å²) in [7, 11) is 0. The summed E-state index contributed by atoms with van der Waals surface area (Å²) in [6, 6.07) is 5.68. The molecule has 0 saturated heterocycles. The van der Waals surface area contributed by atoms with Crippen molar-refractivity contribution in [2.24, 2.45) is 5.73 Å². The molecule has 0 amide bonds. The summed E-state index contributed by atoms with van der Waals surface area (Å²) in [4.78, 5) is 0. The maximum Gasteiger partial charge on any atom is 0.573 e. The van der Waals surface area contributed by atoms with Crippen molar-refractivity contribution in [1.29, 1.82) is 0 Å². The van der Waals surface area contributed by atoms with Crippen LogP contribution in [0.4, 0.5) is 13.2 Å². The van der Waals surface area contributed by atoms with Crippen LogP contribution in [0, 0.1) is 0 Å². The highest BCUT2D eigenvalue weighted by atomic mass is 35.5. The van der Waals surface area contributed by atoms with Crippen molar-refractivity contribution in [1.82, 2.24) is 0 Å². The van der Waals surface area contributed by atoms with Gasteiger partial charge in [0.1, 0.15) is 5.75 Å². The molecular weight excluding hydrogens is 231 g/mol. The molecule has 86 valence electrons. The van der Waals surface area contributed by atoms with Gasteiger partial charge in [0.05, 0.1) is 0 Å². The predicted octanol–water partition coefficient (Wildman–Crippen LogP) is 2.51. The van der Waals surface area contributed by atoms with E-state index in [0.717, 1.165) is 5.56 Å². The lowest BCUT2D eigenvalue weighted by Gasteiger charge is -2.08. The lowest BCUT2D eigenvalue weighted by molar-refractivity contribution is -0.274. The number of hydrogen-bond acceptors (Lipinski definition) is 2. The Morgan fingerprint density at radius 3 is 2.07 bits per heavy atom. The minimum atomic E-state index is -4.63. The van der Waals surface area contributed by atoms with Crippen LogP contribution in [0.1, 0.15) is 5.56 Å². The number of alkyl halides is 3. The quantitative estimate of drug-likeness (QED) is 0.883. The summed E-state index contributed by atoms with van der Waals surface area (Å²) in [5.41, 5.74) is 6.18. The van der Waals surface area contributed by atoms with E-state index in [4.69, 9.17) is 5.73 Å². The van der Waals surface area contributed by atoms with Crippen LogP contribution in [0.3, 0.4) is 0 Å². The first-order valence-electron chi connectivity index (χ1n) is 4.06. The van der Waals surface area contributed by atoms with E-state index in [-0.39, 0.29) is 18.2 Å². The molecular formula is C9H11ClF3NO. The highest BCUT2D eigenvalue weighted by molar-refractivity contribution is 5.85. The monoisotopic (exact) mass is 241 g/mol. The van der Waals surface area contributed by atoms with Crippen molar-refractivity contribution in [3.63, 3.8) is 0 Å². The van der Waals surface area contributed by atoms with Gasteiger partial charge in [-0.3, -0.25) is 0 Å². The molecule has 1 aromatic carbocycles. The summed E-state index contributed by atoms with van der Waals surface area (Å²) in [6.07, 6.45) is -3.98. The number of benzene rings is 1. The average molecular weight is 242 g/mol. The smallest absolute Gasteiger partial charge is 0.406 e. The zero-order valence-corrected chi connectivity index (χ0v) is 8.57. The number of nitrogens with two attached hydrogens (primary N) is 1. The molecule has 0 aromatic heterocycles. The normalized spacial score (nSPS) is 10.7. The molecule has 0 heterocycles. The van der Waals surface area contributed by atoms with Crippen LogP contribution in [0.5, 0.6) is 5.75 Å². The van der Waals surface area contributed by atoms with Gasteiger partial charge in [0.25, 0.3) is 0 Å². The van der Waals surface area contributed by atoms with E-state index >= 15 is 0 Å². The molecule has 0 radical (unpaired) electrons. The predicted molar refractivity (Wildman–Crippen MR) is 53.1 cm³/mol. The molecule has 2 N–H and O–H groups in total. The van der Waals surface area contributed by atoms with Crippen molar-refractivity contribution >= 4 is 12.4 Å². The second kappa shape index (κ2) is 5.82. The van der Waals surface area contributed by atoms with Gasteiger partial charge in [0.15, 0.2) is 0 Å². The molecule has 0 spiro atoms. The largest absolute Gasteiger partial charge is 0.573 e. The summed E-state index contributed by atoms with van der Waals surface area (Å²) in [6.45, 7) is 0.472. The van der Waals surface area contributed by atoms with Crippen LogP contribution in [0.15, 0.2) is 24.3 Å². The summed E-state index contributed by atoms with van der Waals surface area (Å²) < 4.78 is 38.9. The van der Waals surface area contributed by atoms with Crippen LogP contribution in [0.25, 0.3) is 0 Å². The number of ether oxygens (including phenoxy) is 1. The summed E-state index contributed by atoms with van der Waals surface area (Å²) in [5, 5.41) is 0. The molecule has 0 bridgehead atoms. The Hall–Kier alpha value is -0.940. The van der Waals surface area contributed by atoms with Crippen molar-refractivity contribution in [2.45, 2.75) is 12.8 Å². The topological polar surface area (TPSA) is 35.2 Å². The van der Waals surface area contributed by atoms with E-state index in [0.29, 0.717) is 13.0 Å². The maximum atomic E-state index is 11.7. The zero-order valence-electron chi connectivity index (χ0n) is 7.75. The fourth-order valence-corrected chi connectivity index (χ4v) is 1.02. The second-order valence-corrected chi connectivity index (χ2v) is 2.73. The van der Waals surface area contributed by atoms with Crippen molar-refractivity contribution < 1.29 is 17.9 Å². The summed E-state index contributed by atoms with van der Waals surface area (Å²) >= 11 is 0. The third-order valence-electron chi connectivity index (χ3n) is 1.59. The first-order valence-corrected chi connectivity index (χ1v) is 4.06. The van der Waals surface area contributed by atoms with E-state index in [1.54, 1.807) is 12.1 Å². The zero-order chi connectivity index (χ0) is 10.6. The molecule has 0 aliphatic rings. The Morgan fingerprint density at radius 1 is 1.13 bits per heavy atom. The van der Waals surface area contributed by atoms with E-state index < -0.39 is 6.36 Å². The fourth-order valence-electron chi connectivity index (χ4n) is 1.02. The number of halogens is 4. The van der Waals surface area contributed by atoms with E-state index in [1.807, 2.05) is 0 Å². The minimum Gasteiger partial charge on any atom is -0.406 e. The van der Waals surface area contributed by atoms with Crippen LogP contribution in [0.2, 0.25) is 0 Å². The molecule has 15 heavy (non-hydrogen) atoms. The Labute approximate surface area is 91.6 Å². The Bertz CT molecular complexity index is 286. The van der Waals surface area contributed by atoms with Crippen LogP contribution >= 0.6 is 12.4 Å². The van der Waals surface area contributed by atoms with Crippen LogP contribution in [-0.2, 0) is 6.42 Å². The molecule has 6 heteroatoms. The Morgan fingerprint density at radius 2 is 1.67 bits per heavy atom.